The number of fused-ring (bicyclic) bond motifs is 1. The average Bonchev–Trinajstić information content (AvgIpc) is 3.16. The number of para-hydroxylation sites is 1. The molecule has 2 aromatic carbocycles. The van der Waals surface area contributed by atoms with Crippen molar-refractivity contribution in [1.82, 2.24) is 4.57 Å². The molecular formula is C17H14N3O2S+. The first-order valence-electron chi connectivity index (χ1n) is 7.32. The molecule has 0 radical (unpaired) electrons. The van der Waals surface area contributed by atoms with Gasteiger partial charge in [0.25, 0.3) is 5.69 Å². The van der Waals surface area contributed by atoms with E-state index in [0.29, 0.717) is 0 Å². The molecule has 0 unspecified atom stereocenters. The zero-order valence-electron chi connectivity index (χ0n) is 12.3. The highest BCUT2D eigenvalue weighted by atomic mass is 32.2. The third-order valence-electron chi connectivity index (χ3n) is 3.89. The molecule has 0 amide bonds. The first kappa shape index (κ1) is 14.0. The Morgan fingerprint density at radius 3 is 2.74 bits per heavy atom. The van der Waals surface area contributed by atoms with Crippen LogP contribution >= 0.6 is 11.8 Å². The van der Waals surface area contributed by atoms with Crippen molar-refractivity contribution >= 4 is 17.4 Å². The van der Waals surface area contributed by atoms with Crippen LogP contribution in [0.15, 0.2) is 66.0 Å². The van der Waals surface area contributed by atoms with Crippen LogP contribution in [0.1, 0.15) is 0 Å². The summed E-state index contributed by atoms with van der Waals surface area (Å²) in [4.78, 5) is 10.7. The highest BCUT2D eigenvalue weighted by molar-refractivity contribution is 7.99. The summed E-state index contributed by atoms with van der Waals surface area (Å²) < 4.78 is 4.39. The van der Waals surface area contributed by atoms with Crippen LogP contribution in [0.25, 0.3) is 16.9 Å². The molecule has 1 aliphatic heterocycles. The molecule has 0 atom stereocenters. The van der Waals surface area contributed by atoms with E-state index >= 15 is 0 Å². The summed E-state index contributed by atoms with van der Waals surface area (Å²) in [6.45, 7) is 0.960. The van der Waals surface area contributed by atoms with Crippen LogP contribution in [0, 0.1) is 10.1 Å². The molecule has 0 bridgehead atoms. The maximum absolute atomic E-state index is 11.1. The standard InChI is InChI=1S/C17H14N3O2S/c21-20(22)15-8-4-5-13(11-15)16-12-18-9-10-23-17(18)19(16)14-6-2-1-3-7-14/h1-8,11-12H,9-10H2/q+1. The number of hydrogen-bond acceptors (Lipinski definition) is 3. The third-order valence-corrected chi connectivity index (χ3v) is 4.95. The first-order chi connectivity index (χ1) is 11.2. The van der Waals surface area contributed by atoms with Gasteiger partial charge in [-0.2, -0.15) is 4.57 Å². The smallest absolute Gasteiger partial charge is 0.258 e. The minimum absolute atomic E-state index is 0.112. The second-order valence-corrected chi connectivity index (χ2v) is 6.38. The van der Waals surface area contributed by atoms with E-state index in [9.17, 15) is 10.1 Å². The number of non-ortho nitro benzene ring substituents is 1. The Bertz CT molecular complexity index is 890. The minimum atomic E-state index is -0.352. The summed E-state index contributed by atoms with van der Waals surface area (Å²) >= 11 is 1.81. The van der Waals surface area contributed by atoms with Crippen LogP contribution in [0.5, 0.6) is 0 Å². The maximum atomic E-state index is 11.1. The first-order valence-corrected chi connectivity index (χ1v) is 8.31. The number of rotatable bonds is 3. The molecule has 0 spiro atoms. The van der Waals surface area contributed by atoms with Gasteiger partial charge in [0.05, 0.1) is 4.92 Å². The normalized spacial score (nSPS) is 13.0. The Labute approximate surface area is 137 Å². The van der Waals surface area contributed by atoms with E-state index in [2.05, 4.69) is 27.5 Å². The molecule has 0 fully saturated rings. The van der Waals surface area contributed by atoms with Gasteiger partial charge in [-0.05, 0) is 23.9 Å². The number of imidazole rings is 1. The van der Waals surface area contributed by atoms with Crippen LogP contribution in [0.4, 0.5) is 5.69 Å². The van der Waals surface area contributed by atoms with Gasteiger partial charge in [-0.1, -0.05) is 30.3 Å². The topological polar surface area (TPSA) is 52.0 Å². The van der Waals surface area contributed by atoms with Crippen molar-refractivity contribution < 1.29 is 9.49 Å². The van der Waals surface area contributed by atoms with Gasteiger partial charge in [0.2, 0.25) is 0 Å². The molecule has 6 heteroatoms. The van der Waals surface area contributed by atoms with E-state index in [1.807, 2.05) is 36.0 Å². The summed E-state index contributed by atoms with van der Waals surface area (Å²) in [6.07, 6.45) is 2.08. The van der Waals surface area contributed by atoms with E-state index < -0.39 is 0 Å². The SMILES string of the molecule is O=[N+]([O-])c1cccc(-c2c[n+]3c(n2-c2ccccc2)SCC3)c1. The Morgan fingerprint density at radius 1 is 1.13 bits per heavy atom. The molecule has 23 heavy (non-hydrogen) atoms. The lowest BCUT2D eigenvalue weighted by atomic mass is 10.1. The Kier molecular flexibility index (Phi) is 3.38. The van der Waals surface area contributed by atoms with Gasteiger partial charge in [0.15, 0.2) is 5.69 Å². The number of nitrogens with zero attached hydrogens (tertiary/aromatic N) is 3. The van der Waals surface area contributed by atoms with Crippen molar-refractivity contribution in [2.45, 2.75) is 11.7 Å². The number of aromatic nitrogens is 2. The maximum Gasteiger partial charge on any atom is 0.323 e. The lowest BCUT2D eigenvalue weighted by Crippen LogP contribution is -2.30. The van der Waals surface area contributed by atoms with Crippen LogP contribution in [0.2, 0.25) is 0 Å². The van der Waals surface area contributed by atoms with Crippen molar-refractivity contribution in [3.63, 3.8) is 0 Å². The van der Waals surface area contributed by atoms with Crippen molar-refractivity contribution in [2.24, 2.45) is 0 Å². The fraction of sp³-hybridized carbons (Fsp3) is 0.118. The van der Waals surface area contributed by atoms with Crippen molar-refractivity contribution in [2.75, 3.05) is 5.75 Å². The van der Waals surface area contributed by atoms with Crippen LogP contribution < -0.4 is 4.57 Å². The molecule has 114 valence electrons. The van der Waals surface area contributed by atoms with Gasteiger partial charge in [0.1, 0.15) is 18.4 Å². The van der Waals surface area contributed by atoms with Crippen molar-refractivity contribution in [3.05, 3.63) is 70.9 Å². The molecule has 4 rings (SSSR count). The van der Waals surface area contributed by atoms with Crippen LogP contribution in [-0.4, -0.2) is 15.2 Å². The summed E-state index contributed by atoms with van der Waals surface area (Å²) in [7, 11) is 0. The number of benzene rings is 2. The van der Waals surface area contributed by atoms with Gasteiger partial charge < -0.3 is 0 Å². The highest BCUT2D eigenvalue weighted by Crippen LogP contribution is 2.32. The van der Waals surface area contributed by atoms with E-state index in [0.717, 1.165) is 34.4 Å². The molecule has 0 saturated heterocycles. The van der Waals surface area contributed by atoms with Crippen molar-refractivity contribution in [1.29, 1.82) is 0 Å². The number of thioether (sulfide) groups is 1. The Morgan fingerprint density at radius 2 is 1.96 bits per heavy atom. The zero-order valence-corrected chi connectivity index (χ0v) is 13.1. The van der Waals surface area contributed by atoms with E-state index in [1.54, 1.807) is 12.1 Å². The number of nitro benzene ring substituents is 1. The van der Waals surface area contributed by atoms with Gasteiger partial charge in [-0.15, -0.1) is 0 Å². The minimum Gasteiger partial charge on any atom is -0.258 e. The quantitative estimate of drug-likeness (QED) is 0.421. The third kappa shape index (κ3) is 2.41. The summed E-state index contributed by atoms with van der Waals surface area (Å²) in [5, 5.41) is 12.2. The molecule has 1 aromatic heterocycles. The number of nitro groups is 1. The molecular weight excluding hydrogens is 310 g/mol. The second-order valence-electron chi connectivity index (χ2n) is 5.32. The van der Waals surface area contributed by atoms with E-state index in [-0.39, 0.29) is 10.6 Å². The van der Waals surface area contributed by atoms with Gasteiger partial charge in [-0.3, -0.25) is 10.1 Å². The Hall–Kier alpha value is -2.60. The second kappa shape index (κ2) is 5.55. The molecule has 1 aliphatic rings. The Balaban J connectivity index is 1.93. The van der Waals surface area contributed by atoms with Gasteiger partial charge >= 0.3 is 5.16 Å². The molecule has 3 aromatic rings. The predicted octanol–water partition coefficient (Wildman–Crippen LogP) is 3.45. The molecule has 0 saturated carbocycles. The predicted molar refractivity (Wildman–Crippen MR) is 88.8 cm³/mol. The summed E-state index contributed by atoms with van der Waals surface area (Å²) in [6, 6.07) is 16.9. The largest absolute Gasteiger partial charge is 0.323 e. The van der Waals surface area contributed by atoms with Gasteiger partial charge in [-0.25, -0.2) is 4.57 Å². The lowest BCUT2D eigenvalue weighted by Gasteiger charge is -2.03. The number of hydrogen-bond donors (Lipinski definition) is 0. The molecule has 0 aliphatic carbocycles. The molecule has 0 N–H and O–H groups in total. The fourth-order valence-corrected chi connectivity index (χ4v) is 3.96. The fourth-order valence-electron chi connectivity index (χ4n) is 2.84. The van der Waals surface area contributed by atoms with E-state index in [4.69, 9.17) is 0 Å². The summed E-state index contributed by atoms with van der Waals surface area (Å²) in [5.74, 6) is 1.05. The highest BCUT2D eigenvalue weighted by Gasteiger charge is 2.30. The van der Waals surface area contributed by atoms with E-state index in [1.165, 1.54) is 6.07 Å². The summed E-state index contributed by atoms with van der Waals surface area (Å²) in [5.41, 5.74) is 3.01. The average molecular weight is 324 g/mol. The van der Waals surface area contributed by atoms with Crippen molar-refractivity contribution in [3.8, 4) is 16.9 Å². The lowest BCUT2D eigenvalue weighted by molar-refractivity contribution is -0.723. The van der Waals surface area contributed by atoms with Crippen LogP contribution in [0.3, 0.4) is 0 Å². The molecule has 5 nitrogen and oxygen atoms in total. The molecule has 2 heterocycles. The van der Waals surface area contributed by atoms with Gasteiger partial charge in [0, 0.05) is 23.4 Å². The monoisotopic (exact) mass is 324 g/mol. The number of aryl methyl sites for hydroxylation is 1. The zero-order chi connectivity index (χ0) is 15.8. The van der Waals surface area contributed by atoms with Crippen LogP contribution in [-0.2, 0) is 6.54 Å².